The Bertz CT molecular complexity index is 1040. The second-order valence-corrected chi connectivity index (χ2v) is 7.38. The van der Waals surface area contributed by atoms with Crippen molar-refractivity contribution in [1.29, 1.82) is 0 Å². The minimum atomic E-state index is -3.98. The number of nitrogens with two attached hydrogens (primary N) is 1. The number of allylic oxidation sites excluding steroid dienone is 1. The number of aliphatic hydroxyl groups excluding tert-OH is 1. The number of nitrogens with zero attached hydrogens (tertiary/aromatic N) is 1. The van der Waals surface area contributed by atoms with Crippen LogP contribution in [0, 0.1) is 0 Å². The summed E-state index contributed by atoms with van der Waals surface area (Å²) in [5, 5.41) is 10.6. The minimum Gasteiger partial charge on any atom is -0.505 e. The molecule has 0 saturated carbocycles. The number of amides is 1. The number of likely N-dealkylation sites (N-methyl/N-ethyl adjacent to an activating group) is 1. The lowest BCUT2D eigenvalue weighted by atomic mass is 10.0. The van der Waals surface area contributed by atoms with Crippen LogP contribution >= 0.6 is 0 Å². The van der Waals surface area contributed by atoms with Gasteiger partial charge in [-0.1, -0.05) is 24.3 Å². The molecule has 8 heteroatoms. The van der Waals surface area contributed by atoms with Crippen molar-refractivity contribution in [3.8, 4) is 0 Å². The maximum absolute atomic E-state index is 12.7. The number of sulfonamides is 1. The zero-order valence-electron chi connectivity index (χ0n) is 13.1. The smallest absolute Gasteiger partial charge is 0.265 e. The van der Waals surface area contributed by atoms with E-state index in [-0.39, 0.29) is 27.3 Å². The largest absolute Gasteiger partial charge is 0.505 e. The molecule has 0 fully saturated rings. The van der Waals surface area contributed by atoms with E-state index >= 15 is 0 Å². The van der Waals surface area contributed by atoms with Crippen LogP contribution in [-0.4, -0.2) is 36.6 Å². The number of carbonyl (C=O) groups is 2. The van der Waals surface area contributed by atoms with Crippen molar-refractivity contribution >= 4 is 27.5 Å². The molecule has 0 aliphatic carbocycles. The number of benzene rings is 2. The van der Waals surface area contributed by atoms with Gasteiger partial charge >= 0.3 is 0 Å². The predicted octanol–water partition coefficient (Wildman–Crippen LogP) is 1.53. The van der Waals surface area contributed by atoms with E-state index in [2.05, 4.69) is 0 Å². The Balaban J connectivity index is 2.26. The summed E-state index contributed by atoms with van der Waals surface area (Å²) < 4.78 is 26.0. The van der Waals surface area contributed by atoms with Gasteiger partial charge in [0.2, 0.25) is 11.7 Å². The lowest BCUT2D eigenvalue weighted by molar-refractivity contribution is 0.0994. The molecule has 128 valence electrons. The zero-order valence-corrected chi connectivity index (χ0v) is 13.9. The number of primary amides is 1. The second kappa shape index (κ2) is 5.75. The predicted molar refractivity (Wildman–Crippen MR) is 90.2 cm³/mol. The number of ketones is 1. The SMILES string of the molecule is CN1C(=C(O)c2cccc(C(N)=O)c2)C(=O)c2ccccc2S1(=O)=O. The Kier molecular flexibility index (Phi) is 3.84. The Labute approximate surface area is 144 Å². The van der Waals surface area contributed by atoms with Crippen LogP contribution in [-0.2, 0) is 10.0 Å². The molecule has 2 aromatic rings. The Morgan fingerprint density at radius 3 is 2.40 bits per heavy atom. The van der Waals surface area contributed by atoms with Crippen LogP contribution in [0.25, 0.3) is 5.76 Å². The van der Waals surface area contributed by atoms with Gasteiger partial charge in [0.05, 0.1) is 4.90 Å². The van der Waals surface area contributed by atoms with E-state index in [1.165, 1.54) is 49.5 Å². The van der Waals surface area contributed by atoms with Crippen molar-refractivity contribution < 1.29 is 23.1 Å². The van der Waals surface area contributed by atoms with Crippen LogP contribution in [0.5, 0.6) is 0 Å². The van der Waals surface area contributed by atoms with Gasteiger partial charge in [0, 0.05) is 23.7 Å². The molecule has 1 aliphatic heterocycles. The summed E-state index contributed by atoms with van der Waals surface area (Å²) in [4.78, 5) is 23.9. The topological polar surface area (TPSA) is 118 Å². The van der Waals surface area contributed by atoms with Crippen molar-refractivity contribution in [3.05, 3.63) is 70.9 Å². The number of hydrogen-bond donors (Lipinski definition) is 2. The van der Waals surface area contributed by atoms with Crippen molar-refractivity contribution in [2.45, 2.75) is 4.90 Å². The highest BCUT2D eigenvalue weighted by molar-refractivity contribution is 7.89. The van der Waals surface area contributed by atoms with E-state index in [0.717, 1.165) is 4.31 Å². The minimum absolute atomic E-state index is 0.0202. The van der Waals surface area contributed by atoms with Crippen LogP contribution in [0.1, 0.15) is 26.3 Å². The van der Waals surface area contributed by atoms with E-state index in [0.29, 0.717) is 0 Å². The normalized spacial score (nSPS) is 17.8. The molecule has 3 N–H and O–H groups in total. The molecular formula is C17H14N2O5S. The summed E-state index contributed by atoms with van der Waals surface area (Å²) in [5.41, 5.74) is 5.04. The van der Waals surface area contributed by atoms with Crippen LogP contribution in [0.3, 0.4) is 0 Å². The maximum Gasteiger partial charge on any atom is 0.265 e. The van der Waals surface area contributed by atoms with Gasteiger partial charge < -0.3 is 10.8 Å². The van der Waals surface area contributed by atoms with E-state index in [1.807, 2.05) is 0 Å². The monoisotopic (exact) mass is 358 g/mol. The van der Waals surface area contributed by atoms with Crippen molar-refractivity contribution in [2.24, 2.45) is 5.73 Å². The van der Waals surface area contributed by atoms with Crippen molar-refractivity contribution in [3.63, 3.8) is 0 Å². The lowest BCUT2D eigenvalue weighted by Gasteiger charge is -2.28. The molecule has 0 spiro atoms. The van der Waals surface area contributed by atoms with Crippen LogP contribution in [0.4, 0.5) is 0 Å². The highest BCUT2D eigenvalue weighted by Gasteiger charge is 2.39. The first-order valence-electron chi connectivity index (χ1n) is 7.21. The second-order valence-electron chi connectivity index (χ2n) is 5.44. The number of Topliss-reactive ketones (excluding diaryl/α,β-unsaturated/α-hetero) is 1. The first kappa shape index (κ1) is 16.7. The van der Waals surface area contributed by atoms with Crippen LogP contribution in [0.15, 0.2) is 59.1 Å². The third-order valence-corrected chi connectivity index (χ3v) is 5.76. The molecule has 0 aromatic heterocycles. The molecule has 0 saturated heterocycles. The maximum atomic E-state index is 12.7. The Morgan fingerprint density at radius 2 is 1.72 bits per heavy atom. The van der Waals surface area contributed by atoms with E-state index in [1.54, 1.807) is 6.07 Å². The fraction of sp³-hybridized carbons (Fsp3) is 0.0588. The number of rotatable bonds is 2. The molecule has 7 nitrogen and oxygen atoms in total. The molecular weight excluding hydrogens is 344 g/mol. The molecule has 2 aromatic carbocycles. The summed E-state index contributed by atoms with van der Waals surface area (Å²) in [6.07, 6.45) is 0. The van der Waals surface area contributed by atoms with Gasteiger partial charge in [-0.05, 0) is 24.3 Å². The summed E-state index contributed by atoms with van der Waals surface area (Å²) in [5.74, 6) is -1.88. The van der Waals surface area contributed by atoms with E-state index in [4.69, 9.17) is 5.73 Å². The van der Waals surface area contributed by atoms with Gasteiger partial charge in [0.1, 0.15) is 5.70 Å². The first-order valence-corrected chi connectivity index (χ1v) is 8.65. The van der Waals surface area contributed by atoms with Crippen molar-refractivity contribution in [2.75, 3.05) is 7.05 Å². The van der Waals surface area contributed by atoms with Gasteiger partial charge in [0.25, 0.3) is 10.0 Å². The molecule has 25 heavy (non-hydrogen) atoms. The van der Waals surface area contributed by atoms with E-state index in [9.17, 15) is 23.1 Å². The molecule has 1 aliphatic rings. The van der Waals surface area contributed by atoms with Gasteiger partial charge in [-0.15, -0.1) is 0 Å². The number of aliphatic hydroxyl groups is 1. The summed E-state index contributed by atoms with van der Waals surface area (Å²) in [6, 6.07) is 11.4. The van der Waals surface area contributed by atoms with Gasteiger partial charge in [-0.2, -0.15) is 0 Å². The molecule has 0 atom stereocenters. The third-order valence-electron chi connectivity index (χ3n) is 3.94. The Morgan fingerprint density at radius 1 is 1.08 bits per heavy atom. The fourth-order valence-corrected chi connectivity index (χ4v) is 4.02. The zero-order chi connectivity index (χ0) is 18.4. The molecule has 3 rings (SSSR count). The standard InChI is InChI=1S/C17H14N2O5S/c1-19-14(15(20)10-5-4-6-11(9-10)17(18)22)16(21)12-7-2-3-8-13(12)25(19,23)24/h2-9,20H,1H3,(H2,18,22). The van der Waals surface area contributed by atoms with Crippen LogP contribution < -0.4 is 5.73 Å². The average molecular weight is 358 g/mol. The average Bonchev–Trinajstić information content (AvgIpc) is 2.60. The summed E-state index contributed by atoms with van der Waals surface area (Å²) in [7, 11) is -2.79. The van der Waals surface area contributed by atoms with Gasteiger partial charge in [0.15, 0.2) is 5.76 Å². The summed E-state index contributed by atoms with van der Waals surface area (Å²) in [6.45, 7) is 0. The first-order chi connectivity index (χ1) is 11.7. The lowest BCUT2D eigenvalue weighted by Crippen LogP contribution is -2.37. The van der Waals surface area contributed by atoms with Gasteiger partial charge in [-0.3, -0.25) is 13.9 Å². The Hall–Kier alpha value is -3.13. The molecule has 1 amide bonds. The highest BCUT2D eigenvalue weighted by Crippen LogP contribution is 2.34. The number of fused-ring (bicyclic) bond motifs is 1. The van der Waals surface area contributed by atoms with Gasteiger partial charge in [-0.25, -0.2) is 8.42 Å². The highest BCUT2D eigenvalue weighted by atomic mass is 32.2. The molecule has 0 bridgehead atoms. The van der Waals surface area contributed by atoms with Crippen molar-refractivity contribution in [1.82, 2.24) is 4.31 Å². The number of hydrogen-bond acceptors (Lipinski definition) is 5. The molecule has 1 heterocycles. The van der Waals surface area contributed by atoms with Crippen LogP contribution in [0.2, 0.25) is 0 Å². The van der Waals surface area contributed by atoms with E-state index < -0.39 is 27.5 Å². The third kappa shape index (κ3) is 2.56. The molecule has 0 unspecified atom stereocenters. The quantitative estimate of drug-likeness (QED) is 0.623. The number of carbonyl (C=O) groups excluding carboxylic acids is 2. The fourth-order valence-electron chi connectivity index (χ4n) is 2.63. The molecule has 0 radical (unpaired) electrons. The summed E-state index contributed by atoms with van der Waals surface area (Å²) >= 11 is 0.